The van der Waals surface area contributed by atoms with Gasteiger partial charge in [0.1, 0.15) is 0 Å². The summed E-state index contributed by atoms with van der Waals surface area (Å²) >= 11 is 0. The van der Waals surface area contributed by atoms with Crippen LogP contribution >= 0.6 is 0 Å². The number of isocyanates is 1. The largest absolute Gasteiger partial charge is 0.287 e. The second-order valence-corrected chi connectivity index (χ2v) is 2.31. The Hall–Kier alpha value is -2.33. The summed E-state index contributed by atoms with van der Waals surface area (Å²) in [5, 5.41) is 10.2. The Labute approximate surface area is 78.0 Å². The zero-order valence-electron chi connectivity index (χ0n) is 6.84. The number of hydrogen-bond acceptors (Lipinski definition) is 4. The molecule has 0 aliphatic rings. The minimum Gasteiger partial charge on any atom is -0.266 e. The Balaban J connectivity index is 2.99. The first-order valence-electron chi connectivity index (χ1n) is 3.52. The fourth-order valence-corrected chi connectivity index (χ4v) is 0.832. The van der Waals surface area contributed by atoms with Crippen LogP contribution < -0.4 is 0 Å². The smallest absolute Gasteiger partial charge is 0.266 e. The SMILES string of the molecule is O=C=NC(=O)c1ccc([N+](=O)[O-])cc1. The van der Waals surface area contributed by atoms with Crippen molar-refractivity contribution >= 4 is 17.7 Å². The molecule has 14 heavy (non-hydrogen) atoms. The van der Waals surface area contributed by atoms with Crippen molar-refractivity contribution < 1.29 is 14.5 Å². The van der Waals surface area contributed by atoms with Crippen LogP contribution in [0.1, 0.15) is 10.4 Å². The molecule has 0 aliphatic heterocycles. The van der Waals surface area contributed by atoms with Gasteiger partial charge in [-0.05, 0) is 12.1 Å². The number of carbonyl (C=O) groups excluding carboxylic acids is 2. The van der Waals surface area contributed by atoms with E-state index in [4.69, 9.17) is 0 Å². The van der Waals surface area contributed by atoms with E-state index in [1.165, 1.54) is 12.1 Å². The molecule has 0 heterocycles. The van der Waals surface area contributed by atoms with Crippen molar-refractivity contribution in [2.45, 2.75) is 0 Å². The number of nitro benzene ring substituents is 1. The molecule has 0 radical (unpaired) electrons. The van der Waals surface area contributed by atoms with Gasteiger partial charge in [0.05, 0.1) is 4.92 Å². The summed E-state index contributed by atoms with van der Waals surface area (Å²) in [4.78, 5) is 33.2. The predicted molar refractivity (Wildman–Crippen MR) is 45.5 cm³/mol. The number of nitro groups is 1. The van der Waals surface area contributed by atoms with Crippen LogP contribution in [0.25, 0.3) is 0 Å². The van der Waals surface area contributed by atoms with Crippen LogP contribution in [0.3, 0.4) is 0 Å². The zero-order valence-corrected chi connectivity index (χ0v) is 6.84. The van der Waals surface area contributed by atoms with Crippen molar-refractivity contribution in [2.75, 3.05) is 0 Å². The highest BCUT2D eigenvalue weighted by atomic mass is 16.6. The molecule has 1 aromatic rings. The molecule has 1 rings (SSSR count). The number of non-ortho nitro benzene ring substituents is 1. The summed E-state index contributed by atoms with van der Waals surface area (Å²) in [7, 11) is 0. The lowest BCUT2D eigenvalue weighted by molar-refractivity contribution is -0.384. The highest BCUT2D eigenvalue weighted by Crippen LogP contribution is 2.12. The third-order valence-electron chi connectivity index (χ3n) is 1.47. The third-order valence-corrected chi connectivity index (χ3v) is 1.47. The quantitative estimate of drug-likeness (QED) is 0.303. The second-order valence-electron chi connectivity index (χ2n) is 2.31. The molecule has 70 valence electrons. The molecule has 0 N–H and O–H groups in total. The van der Waals surface area contributed by atoms with Gasteiger partial charge in [0, 0.05) is 17.7 Å². The van der Waals surface area contributed by atoms with E-state index in [1.807, 2.05) is 0 Å². The van der Waals surface area contributed by atoms with Gasteiger partial charge in [-0.15, -0.1) is 4.99 Å². The molecule has 0 aliphatic carbocycles. The number of aliphatic imine (C=N–C) groups is 1. The van der Waals surface area contributed by atoms with Crippen LogP contribution in [0.2, 0.25) is 0 Å². The Kier molecular flexibility index (Phi) is 2.83. The van der Waals surface area contributed by atoms with E-state index < -0.39 is 10.8 Å². The maximum Gasteiger partial charge on any atom is 0.287 e. The van der Waals surface area contributed by atoms with Crippen LogP contribution in [0.4, 0.5) is 5.69 Å². The van der Waals surface area contributed by atoms with Gasteiger partial charge in [-0.3, -0.25) is 14.9 Å². The number of nitrogens with zero attached hydrogens (tertiary/aromatic N) is 2. The van der Waals surface area contributed by atoms with Crippen molar-refractivity contribution in [3.05, 3.63) is 39.9 Å². The molecule has 0 bridgehead atoms. The predicted octanol–water partition coefficient (Wildman–Crippen LogP) is 1.07. The summed E-state index contributed by atoms with van der Waals surface area (Å²) in [5.41, 5.74) is -0.0180. The van der Waals surface area contributed by atoms with Gasteiger partial charge in [0.25, 0.3) is 11.6 Å². The molecular formula is C8H4N2O4. The van der Waals surface area contributed by atoms with Crippen molar-refractivity contribution in [3.8, 4) is 0 Å². The lowest BCUT2D eigenvalue weighted by atomic mass is 10.2. The highest BCUT2D eigenvalue weighted by Gasteiger charge is 2.07. The Morgan fingerprint density at radius 3 is 2.36 bits per heavy atom. The number of benzene rings is 1. The normalized spacial score (nSPS) is 8.86. The molecule has 0 aromatic heterocycles. The van der Waals surface area contributed by atoms with E-state index in [0.717, 1.165) is 18.2 Å². The number of rotatable bonds is 2. The number of hydrogen-bond donors (Lipinski definition) is 0. The number of amides is 1. The van der Waals surface area contributed by atoms with Gasteiger partial charge in [-0.1, -0.05) is 0 Å². The van der Waals surface area contributed by atoms with Gasteiger partial charge in [-0.2, -0.15) is 0 Å². The Morgan fingerprint density at radius 2 is 1.93 bits per heavy atom. The fourth-order valence-electron chi connectivity index (χ4n) is 0.832. The maximum atomic E-state index is 10.9. The summed E-state index contributed by atoms with van der Waals surface area (Å²) < 4.78 is 0. The molecule has 0 fully saturated rings. The average Bonchev–Trinajstić information content (AvgIpc) is 2.18. The van der Waals surface area contributed by atoms with Gasteiger partial charge in [0.2, 0.25) is 6.08 Å². The van der Waals surface area contributed by atoms with Crippen molar-refractivity contribution in [2.24, 2.45) is 4.99 Å². The van der Waals surface area contributed by atoms with Crippen LogP contribution in [0.5, 0.6) is 0 Å². The highest BCUT2D eigenvalue weighted by molar-refractivity contribution is 5.97. The van der Waals surface area contributed by atoms with Crippen LogP contribution in [0.15, 0.2) is 29.3 Å². The summed E-state index contributed by atoms with van der Waals surface area (Å²) in [6.07, 6.45) is 1.09. The van der Waals surface area contributed by atoms with E-state index in [1.54, 1.807) is 0 Å². The third kappa shape index (κ3) is 2.09. The first-order chi connectivity index (χ1) is 6.65. The Bertz CT molecular complexity index is 417. The van der Waals surface area contributed by atoms with Crippen molar-refractivity contribution in [3.63, 3.8) is 0 Å². The average molecular weight is 192 g/mol. The van der Waals surface area contributed by atoms with E-state index in [0.29, 0.717) is 0 Å². The van der Waals surface area contributed by atoms with Crippen LogP contribution in [0, 0.1) is 10.1 Å². The lowest BCUT2D eigenvalue weighted by Crippen LogP contribution is -1.94. The summed E-state index contributed by atoms with van der Waals surface area (Å²) in [6.45, 7) is 0. The molecule has 1 amide bonds. The molecular weight excluding hydrogens is 188 g/mol. The molecule has 0 unspecified atom stereocenters. The number of carbonyl (C=O) groups is 1. The molecule has 6 nitrogen and oxygen atoms in total. The van der Waals surface area contributed by atoms with E-state index in [-0.39, 0.29) is 11.3 Å². The molecule has 0 saturated heterocycles. The standard InChI is InChI=1S/C8H4N2O4/c11-5-9-8(12)6-1-3-7(4-2-6)10(13)14/h1-4H. The zero-order chi connectivity index (χ0) is 10.6. The molecule has 0 saturated carbocycles. The fraction of sp³-hybridized carbons (Fsp3) is 0. The second kappa shape index (κ2) is 4.06. The molecule has 1 aromatic carbocycles. The maximum absolute atomic E-state index is 10.9. The van der Waals surface area contributed by atoms with E-state index in [9.17, 15) is 19.7 Å². The van der Waals surface area contributed by atoms with Crippen LogP contribution in [-0.2, 0) is 4.79 Å². The van der Waals surface area contributed by atoms with Gasteiger partial charge in [-0.25, -0.2) is 4.79 Å². The van der Waals surface area contributed by atoms with Crippen molar-refractivity contribution in [1.82, 2.24) is 0 Å². The minimum absolute atomic E-state index is 0.110. The van der Waals surface area contributed by atoms with E-state index >= 15 is 0 Å². The first kappa shape index (κ1) is 9.76. The minimum atomic E-state index is -0.769. The summed E-state index contributed by atoms with van der Waals surface area (Å²) in [5.74, 6) is -0.769. The van der Waals surface area contributed by atoms with Gasteiger partial charge < -0.3 is 0 Å². The monoisotopic (exact) mass is 192 g/mol. The van der Waals surface area contributed by atoms with Gasteiger partial charge >= 0.3 is 0 Å². The van der Waals surface area contributed by atoms with Crippen LogP contribution in [-0.4, -0.2) is 16.9 Å². The lowest BCUT2D eigenvalue weighted by Gasteiger charge is -1.92. The Morgan fingerprint density at radius 1 is 1.36 bits per heavy atom. The van der Waals surface area contributed by atoms with Gasteiger partial charge in [0.15, 0.2) is 0 Å². The summed E-state index contributed by atoms with van der Waals surface area (Å²) in [6, 6.07) is 4.77. The molecule has 0 spiro atoms. The van der Waals surface area contributed by atoms with E-state index in [2.05, 4.69) is 4.99 Å². The first-order valence-corrected chi connectivity index (χ1v) is 3.52. The topological polar surface area (TPSA) is 89.6 Å². The van der Waals surface area contributed by atoms with Crippen molar-refractivity contribution in [1.29, 1.82) is 0 Å². The molecule has 0 atom stereocenters. The molecule has 6 heteroatoms.